The van der Waals surface area contributed by atoms with Crippen LogP contribution in [-0.4, -0.2) is 11.7 Å². The van der Waals surface area contributed by atoms with Crippen molar-refractivity contribution in [3.63, 3.8) is 0 Å². The summed E-state index contributed by atoms with van der Waals surface area (Å²) in [7, 11) is 0. The zero-order valence-corrected chi connectivity index (χ0v) is 14.2. The van der Waals surface area contributed by atoms with E-state index in [0.29, 0.717) is 0 Å². The van der Waals surface area contributed by atoms with E-state index in [9.17, 15) is 27.2 Å². The number of rotatable bonds is 4. The molecule has 0 fully saturated rings. The minimum absolute atomic E-state index is 0.0572. The molecule has 0 atom stereocenters. The van der Waals surface area contributed by atoms with E-state index in [0.717, 1.165) is 30.3 Å². The van der Waals surface area contributed by atoms with Gasteiger partial charge in [-0.2, -0.15) is 13.2 Å². The van der Waals surface area contributed by atoms with Gasteiger partial charge in [0.2, 0.25) is 0 Å². The molecule has 1 amide bonds. The molecule has 4 nitrogen and oxygen atoms in total. The van der Waals surface area contributed by atoms with E-state index in [-0.39, 0.29) is 29.4 Å². The second kappa shape index (κ2) is 7.67. The van der Waals surface area contributed by atoms with Gasteiger partial charge in [-0.3, -0.25) is 9.59 Å². The van der Waals surface area contributed by atoms with Crippen LogP contribution in [0, 0.1) is 5.82 Å². The molecule has 1 aliphatic rings. The highest BCUT2D eigenvalue weighted by Crippen LogP contribution is 2.37. The fraction of sp³-hybridized carbons (Fsp3) is 0.100. The molecule has 1 N–H and O–H groups in total. The number of benzene rings is 2. The summed E-state index contributed by atoms with van der Waals surface area (Å²) in [5.41, 5.74) is -1.87. The third-order valence-electron chi connectivity index (χ3n) is 3.79. The molecule has 0 unspecified atom stereocenters. The van der Waals surface area contributed by atoms with E-state index < -0.39 is 29.0 Å². The van der Waals surface area contributed by atoms with Gasteiger partial charge in [-0.25, -0.2) is 4.39 Å². The molecule has 2 aromatic carbocycles. The SMILES string of the molecule is O=C1C=C(NC(=O)c2c(Oc3ccc(F)cc3)cccc2C(F)(F)F)C=CC1. The second-order valence-corrected chi connectivity index (χ2v) is 5.86. The molecule has 0 aromatic heterocycles. The molecule has 0 saturated heterocycles. The lowest BCUT2D eigenvalue weighted by atomic mass is 10.0. The number of nitrogens with one attached hydrogen (secondary N) is 1. The van der Waals surface area contributed by atoms with Crippen LogP contribution in [0.4, 0.5) is 17.6 Å². The number of hydrogen-bond acceptors (Lipinski definition) is 3. The van der Waals surface area contributed by atoms with Crippen LogP contribution in [-0.2, 0) is 11.0 Å². The van der Waals surface area contributed by atoms with Crippen molar-refractivity contribution >= 4 is 11.7 Å². The molecule has 0 spiro atoms. The first-order chi connectivity index (χ1) is 13.2. The average Bonchev–Trinajstić information content (AvgIpc) is 2.62. The molecular formula is C20H13F4NO3. The van der Waals surface area contributed by atoms with Crippen LogP contribution < -0.4 is 10.1 Å². The van der Waals surface area contributed by atoms with Crippen molar-refractivity contribution in [2.24, 2.45) is 0 Å². The monoisotopic (exact) mass is 391 g/mol. The molecule has 0 heterocycles. The Hall–Kier alpha value is -3.42. The molecule has 2 aromatic rings. The number of halogens is 4. The standard InChI is InChI=1S/C20H13F4NO3/c21-12-7-9-15(10-8-12)28-17-6-2-5-16(20(22,23)24)18(17)19(27)25-13-3-1-4-14(26)11-13/h1-3,5-11H,4H2,(H,25,27). The van der Waals surface area contributed by atoms with Crippen molar-refractivity contribution in [3.8, 4) is 11.5 Å². The van der Waals surface area contributed by atoms with Crippen LogP contribution in [0.2, 0.25) is 0 Å². The zero-order valence-electron chi connectivity index (χ0n) is 14.2. The first kappa shape index (κ1) is 19.3. The molecular weight excluding hydrogens is 378 g/mol. The van der Waals surface area contributed by atoms with Crippen LogP contribution in [0.3, 0.4) is 0 Å². The lowest BCUT2D eigenvalue weighted by molar-refractivity contribution is -0.138. The van der Waals surface area contributed by atoms with Crippen LogP contribution in [0.1, 0.15) is 22.3 Å². The third kappa shape index (κ3) is 4.46. The van der Waals surface area contributed by atoms with Gasteiger partial charge < -0.3 is 10.1 Å². The molecule has 3 rings (SSSR count). The molecule has 8 heteroatoms. The lowest BCUT2D eigenvalue weighted by Gasteiger charge is -2.17. The highest BCUT2D eigenvalue weighted by molar-refractivity contribution is 6.01. The van der Waals surface area contributed by atoms with E-state index in [1.54, 1.807) is 0 Å². The highest BCUT2D eigenvalue weighted by atomic mass is 19.4. The number of carbonyl (C=O) groups excluding carboxylic acids is 2. The number of amides is 1. The summed E-state index contributed by atoms with van der Waals surface area (Å²) < 4.78 is 58.8. The summed E-state index contributed by atoms with van der Waals surface area (Å²) in [4.78, 5) is 24.1. The summed E-state index contributed by atoms with van der Waals surface area (Å²) in [5.74, 6) is -2.22. The molecule has 0 radical (unpaired) electrons. The third-order valence-corrected chi connectivity index (χ3v) is 3.79. The highest BCUT2D eigenvalue weighted by Gasteiger charge is 2.37. The maximum atomic E-state index is 13.5. The Morgan fingerprint density at radius 3 is 2.43 bits per heavy atom. The molecule has 144 valence electrons. The summed E-state index contributed by atoms with van der Waals surface area (Å²) >= 11 is 0. The Morgan fingerprint density at radius 1 is 1.07 bits per heavy atom. The number of hydrogen-bond donors (Lipinski definition) is 1. The van der Waals surface area contributed by atoms with Crippen molar-refractivity contribution in [1.29, 1.82) is 0 Å². The van der Waals surface area contributed by atoms with Crippen molar-refractivity contribution in [1.82, 2.24) is 5.32 Å². The van der Waals surface area contributed by atoms with Gasteiger partial charge in [-0.15, -0.1) is 0 Å². The maximum absolute atomic E-state index is 13.5. The molecule has 0 saturated carbocycles. The number of ether oxygens (including phenoxy) is 1. The average molecular weight is 391 g/mol. The Morgan fingerprint density at radius 2 is 1.79 bits per heavy atom. The maximum Gasteiger partial charge on any atom is 0.417 e. The largest absolute Gasteiger partial charge is 0.457 e. The quantitative estimate of drug-likeness (QED) is 0.764. The van der Waals surface area contributed by atoms with Gasteiger partial charge in [0.1, 0.15) is 17.3 Å². The second-order valence-electron chi connectivity index (χ2n) is 5.86. The Balaban J connectivity index is 2.00. The first-order valence-electron chi connectivity index (χ1n) is 8.10. The van der Waals surface area contributed by atoms with E-state index in [1.807, 2.05) is 0 Å². The van der Waals surface area contributed by atoms with Gasteiger partial charge in [0, 0.05) is 18.2 Å². The van der Waals surface area contributed by atoms with E-state index >= 15 is 0 Å². The topological polar surface area (TPSA) is 55.4 Å². The first-order valence-corrected chi connectivity index (χ1v) is 8.10. The molecule has 28 heavy (non-hydrogen) atoms. The molecule has 1 aliphatic carbocycles. The van der Waals surface area contributed by atoms with Gasteiger partial charge >= 0.3 is 6.18 Å². The van der Waals surface area contributed by atoms with Crippen LogP contribution in [0.5, 0.6) is 11.5 Å². The van der Waals surface area contributed by atoms with Crippen LogP contribution >= 0.6 is 0 Å². The van der Waals surface area contributed by atoms with E-state index in [4.69, 9.17) is 4.74 Å². The minimum atomic E-state index is -4.82. The van der Waals surface area contributed by atoms with Crippen molar-refractivity contribution in [2.45, 2.75) is 12.6 Å². The van der Waals surface area contributed by atoms with Gasteiger partial charge in [0.15, 0.2) is 5.78 Å². The van der Waals surface area contributed by atoms with Gasteiger partial charge in [-0.1, -0.05) is 12.1 Å². The summed E-state index contributed by atoms with van der Waals surface area (Å²) in [6.07, 6.45) is -0.618. The van der Waals surface area contributed by atoms with Gasteiger partial charge in [-0.05, 0) is 42.5 Å². The van der Waals surface area contributed by atoms with Crippen molar-refractivity contribution < 1.29 is 31.9 Å². The number of alkyl halides is 3. The Labute approximate surface area is 157 Å². The predicted octanol–water partition coefficient (Wildman–Crippen LogP) is 4.78. The minimum Gasteiger partial charge on any atom is -0.457 e. The summed E-state index contributed by atoms with van der Waals surface area (Å²) in [5, 5.41) is 2.29. The van der Waals surface area contributed by atoms with E-state index in [1.165, 1.54) is 30.4 Å². The summed E-state index contributed by atoms with van der Waals surface area (Å²) in [6.45, 7) is 0. The van der Waals surface area contributed by atoms with Gasteiger partial charge in [0.25, 0.3) is 5.91 Å². The molecule has 0 aliphatic heterocycles. The normalized spacial score (nSPS) is 13.9. The smallest absolute Gasteiger partial charge is 0.417 e. The number of allylic oxidation sites excluding steroid dienone is 3. The zero-order chi connectivity index (χ0) is 20.3. The van der Waals surface area contributed by atoms with Crippen LogP contribution in [0.15, 0.2) is 66.4 Å². The number of ketones is 1. The fourth-order valence-electron chi connectivity index (χ4n) is 2.57. The van der Waals surface area contributed by atoms with Crippen LogP contribution in [0.25, 0.3) is 0 Å². The molecule has 0 bridgehead atoms. The fourth-order valence-corrected chi connectivity index (χ4v) is 2.57. The van der Waals surface area contributed by atoms with Crippen molar-refractivity contribution in [3.05, 3.63) is 83.3 Å². The lowest BCUT2D eigenvalue weighted by Crippen LogP contribution is -2.27. The van der Waals surface area contributed by atoms with E-state index in [2.05, 4.69) is 5.32 Å². The predicted molar refractivity (Wildman–Crippen MR) is 92.2 cm³/mol. The Bertz CT molecular complexity index is 976. The van der Waals surface area contributed by atoms with Crippen molar-refractivity contribution in [2.75, 3.05) is 0 Å². The number of carbonyl (C=O) groups is 2. The summed E-state index contributed by atoms with van der Waals surface area (Å²) in [6, 6.07) is 7.65. The van der Waals surface area contributed by atoms with Gasteiger partial charge in [0.05, 0.1) is 11.1 Å². The Kier molecular flexibility index (Phi) is 5.30.